The SMILES string of the molecule is Nc1c(Nc2ccccc2F)ncnc1Nc1ccc(F)cc1F. The van der Waals surface area contributed by atoms with E-state index in [1.54, 1.807) is 12.1 Å². The Morgan fingerprint density at radius 3 is 2.04 bits per heavy atom. The molecule has 1 aromatic heterocycles. The Morgan fingerprint density at radius 2 is 1.42 bits per heavy atom. The van der Waals surface area contributed by atoms with E-state index in [4.69, 9.17) is 5.73 Å². The fraction of sp³-hybridized carbons (Fsp3) is 0. The third-order valence-electron chi connectivity index (χ3n) is 3.20. The molecule has 0 saturated carbocycles. The van der Waals surface area contributed by atoms with E-state index in [1.807, 2.05) is 0 Å². The van der Waals surface area contributed by atoms with Crippen LogP contribution in [0.25, 0.3) is 0 Å². The Balaban J connectivity index is 1.89. The number of aromatic nitrogens is 2. The number of anilines is 5. The number of nitrogens with one attached hydrogen (secondary N) is 2. The summed E-state index contributed by atoms with van der Waals surface area (Å²) in [5.41, 5.74) is 6.18. The Morgan fingerprint density at radius 1 is 0.792 bits per heavy atom. The first-order valence-electron chi connectivity index (χ1n) is 6.88. The van der Waals surface area contributed by atoms with Crippen molar-refractivity contribution in [3.05, 3.63) is 66.2 Å². The van der Waals surface area contributed by atoms with Crippen molar-refractivity contribution in [1.29, 1.82) is 0 Å². The molecule has 5 nitrogen and oxygen atoms in total. The number of para-hydroxylation sites is 1. The van der Waals surface area contributed by atoms with E-state index in [0.717, 1.165) is 12.1 Å². The van der Waals surface area contributed by atoms with Crippen LogP contribution in [0.2, 0.25) is 0 Å². The number of halogens is 3. The Bertz CT molecular complexity index is 885. The molecule has 0 bridgehead atoms. The minimum atomic E-state index is -0.795. The summed E-state index contributed by atoms with van der Waals surface area (Å²) in [5.74, 6) is -1.71. The van der Waals surface area contributed by atoms with Crippen LogP contribution in [-0.2, 0) is 0 Å². The molecule has 1 heterocycles. The lowest BCUT2D eigenvalue weighted by Crippen LogP contribution is -2.06. The maximum absolute atomic E-state index is 13.7. The molecular weight excluding hydrogens is 319 g/mol. The summed E-state index contributed by atoms with van der Waals surface area (Å²) in [6.45, 7) is 0. The van der Waals surface area contributed by atoms with Gasteiger partial charge >= 0.3 is 0 Å². The van der Waals surface area contributed by atoms with E-state index < -0.39 is 17.5 Å². The van der Waals surface area contributed by atoms with Crippen LogP contribution >= 0.6 is 0 Å². The van der Waals surface area contributed by atoms with Gasteiger partial charge in [-0.05, 0) is 24.3 Å². The quantitative estimate of drug-likeness (QED) is 0.674. The van der Waals surface area contributed by atoms with E-state index in [-0.39, 0.29) is 28.7 Å². The van der Waals surface area contributed by atoms with Gasteiger partial charge in [0.25, 0.3) is 0 Å². The van der Waals surface area contributed by atoms with E-state index in [9.17, 15) is 13.2 Å². The van der Waals surface area contributed by atoms with Crippen molar-refractivity contribution in [2.75, 3.05) is 16.4 Å². The Labute approximate surface area is 135 Å². The van der Waals surface area contributed by atoms with E-state index in [0.29, 0.717) is 0 Å². The highest BCUT2D eigenvalue weighted by atomic mass is 19.1. The third-order valence-corrected chi connectivity index (χ3v) is 3.20. The van der Waals surface area contributed by atoms with Crippen LogP contribution in [-0.4, -0.2) is 9.97 Å². The minimum Gasteiger partial charge on any atom is -0.393 e. The summed E-state index contributed by atoms with van der Waals surface area (Å²) >= 11 is 0. The van der Waals surface area contributed by atoms with Crippen molar-refractivity contribution in [2.45, 2.75) is 0 Å². The summed E-state index contributed by atoms with van der Waals surface area (Å²) in [6.07, 6.45) is 1.18. The molecule has 3 rings (SSSR count). The fourth-order valence-corrected chi connectivity index (χ4v) is 2.00. The summed E-state index contributed by atoms with van der Waals surface area (Å²) in [7, 11) is 0. The van der Waals surface area contributed by atoms with Crippen LogP contribution in [0.1, 0.15) is 0 Å². The predicted octanol–water partition coefficient (Wildman–Crippen LogP) is 3.96. The van der Waals surface area contributed by atoms with E-state index in [1.165, 1.54) is 24.5 Å². The molecule has 8 heteroatoms. The molecule has 122 valence electrons. The number of nitrogens with two attached hydrogens (primary N) is 1. The highest BCUT2D eigenvalue weighted by Gasteiger charge is 2.12. The number of benzene rings is 2. The molecule has 0 aliphatic rings. The van der Waals surface area contributed by atoms with Crippen LogP contribution in [0.3, 0.4) is 0 Å². The van der Waals surface area contributed by atoms with Crippen LogP contribution in [0.5, 0.6) is 0 Å². The second kappa shape index (κ2) is 6.45. The lowest BCUT2D eigenvalue weighted by Gasteiger charge is -2.13. The second-order valence-electron chi connectivity index (χ2n) is 4.84. The fourth-order valence-electron chi connectivity index (χ4n) is 2.00. The first kappa shape index (κ1) is 15.6. The molecule has 0 aliphatic heterocycles. The lowest BCUT2D eigenvalue weighted by molar-refractivity contribution is 0.586. The van der Waals surface area contributed by atoms with E-state index in [2.05, 4.69) is 20.6 Å². The van der Waals surface area contributed by atoms with Gasteiger partial charge in [-0.3, -0.25) is 0 Å². The second-order valence-corrected chi connectivity index (χ2v) is 4.84. The zero-order valence-corrected chi connectivity index (χ0v) is 12.2. The van der Waals surface area contributed by atoms with Crippen molar-refractivity contribution < 1.29 is 13.2 Å². The topological polar surface area (TPSA) is 75.9 Å². The molecule has 0 aliphatic carbocycles. The molecule has 3 aromatic rings. The zero-order chi connectivity index (χ0) is 17.1. The molecule has 0 radical (unpaired) electrons. The first-order valence-corrected chi connectivity index (χ1v) is 6.88. The highest BCUT2D eigenvalue weighted by Crippen LogP contribution is 2.29. The van der Waals surface area contributed by atoms with Gasteiger partial charge in [-0.1, -0.05) is 12.1 Å². The lowest BCUT2D eigenvalue weighted by atomic mass is 10.3. The molecule has 0 unspecified atom stereocenters. The maximum atomic E-state index is 13.7. The average molecular weight is 331 g/mol. The van der Waals surface area contributed by atoms with Gasteiger partial charge in [0.05, 0.1) is 11.4 Å². The molecule has 4 N–H and O–H groups in total. The van der Waals surface area contributed by atoms with Crippen molar-refractivity contribution in [2.24, 2.45) is 0 Å². The van der Waals surface area contributed by atoms with Crippen molar-refractivity contribution in [3.63, 3.8) is 0 Å². The summed E-state index contributed by atoms with van der Waals surface area (Å²) in [6, 6.07) is 9.05. The number of hydrogen-bond acceptors (Lipinski definition) is 5. The van der Waals surface area contributed by atoms with Crippen LogP contribution in [0.15, 0.2) is 48.8 Å². The zero-order valence-electron chi connectivity index (χ0n) is 12.2. The molecule has 0 amide bonds. The van der Waals surface area contributed by atoms with Gasteiger partial charge in [0.15, 0.2) is 11.6 Å². The summed E-state index contributed by atoms with van der Waals surface area (Å²) in [5, 5.41) is 5.40. The molecule has 0 fully saturated rings. The first-order chi connectivity index (χ1) is 11.5. The molecule has 24 heavy (non-hydrogen) atoms. The predicted molar refractivity (Wildman–Crippen MR) is 85.8 cm³/mol. The van der Waals surface area contributed by atoms with Gasteiger partial charge in [-0.15, -0.1) is 0 Å². The highest BCUT2D eigenvalue weighted by molar-refractivity contribution is 5.80. The smallest absolute Gasteiger partial charge is 0.159 e. The van der Waals surface area contributed by atoms with Crippen LogP contribution in [0, 0.1) is 17.5 Å². The number of rotatable bonds is 4. The van der Waals surface area contributed by atoms with Gasteiger partial charge in [0.1, 0.15) is 29.5 Å². The van der Waals surface area contributed by atoms with Crippen LogP contribution in [0.4, 0.5) is 41.9 Å². The van der Waals surface area contributed by atoms with Crippen molar-refractivity contribution >= 4 is 28.7 Å². The van der Waals surface area contributed by atoms with Crippen molar-refractivity contribution in [3.8, 4) is 0 Å². The van der Waals surface area contributed by atoms with Gasteiger partial charge in [0, 0.05) is 6.07 Å². The minimum absolute atomic E-state index is 0.00126. The maximum Gasteiger partial charge on any atom is 0.159 e. The molecule has 2 aromatic carbocycles. The number of nitrogens with zero attached hydrogens (tertiary/aromatic N) is 2. The average Bonchev–Trinajstić information content (AvgIpc) is 2.55. The molecule has 0 saturated heterocycles. The van der Waals surface area contributed by atoms with E-state index >= 15 is 0 Å². The van der Waals surface area contributed by atoms with Gasteiger partial charge in [0.2, 0.25) is 0 Å². The summed E-state index contributed by atoms with van der Waals surface area (Å²) < 4.78 is 40.4. The molecule has 0 spiro atoms. The number of nitrogen functional groups attached to an aromatic ring is 1. The molecular formula is C16H12F3N5. The van der Waals surface area contributed by atoms with Gasteiger partial charge in [-0.2, -0.15) is 0 Å². The Hall–Kier alpha value is -3.29. The van der Waals surface area contributed by atoms with Gasteiger partial charge in [-0.25, -0.2) is 23.1 Å². The normalized spacial score (nSPS) is 10.5. The van der Waals surface area contributed by atoms with Gasteiger partial charge < -0.3 is 16.4 Å². The molecule has 0 atom stereocenters. The third kappa shape index (κ3) is 3.22. The summed E-state index contributed by atoms with van der Waals surface area (Å²) in [4.78, 5) is 7.87. The monoisotopic (exact) mass is 331 g/mol. The number of hydrogen-bond donors (Lipinski definition) is 3. The van der Waals surface area contributed by atoms with Crippen LogP contribution < -0.4 is 16.4 Å². The Kier molecular flexibility index (Phi) is 4.19. The largest absolute Gasteiger partial charge is 0.393 e. The van der Waals surface area contributed by atoms with Crippen molar-refractivity contribution in [1.82, 2.24) is 9.97 Å². The standard InChI is InChI=1S/C16H12F3N5/c17-9-5-6-13(11(19)7-9)24-16-14(20)15(21-8-22-16)23-12-4-2-1-3-10(12)18/h1-8H,20H2,(H2,21,22,23,24).